The summed E-state index contributed by atoms with van der Waals surface area (Å²) in [6.45, 7) is 0.583. The molecule has 1 heterocycles. The van der Waals surface area contributed by atoms with Crippen LogP contribution in [-0.4, -0.2) is 18.0 Å². The molecule has 1 aliphatic rings. The Balaban J connectivity index is 1.56. The number of nitrogens with two attached hydrogens (primary N) is 1. The molecular weight excluding hydrogens is 364 g/mol. The van der Waals surface area contributed by atoms with Crippen LogP contribution in [0.2, 0.25) is 0 Å². The Bertz CT molecular complexity index is 1070. The maximum atomic E-state index is 11.9. The molecule has 0 fully saturated rings. The van der Waals surface area contributed by atoms with E-state index in [2.05, 4.69) is 46.0 Å². The van der Waals surface area contributed by atoms with E-state index in [0.29, 0.717) is 23.6 Å². The fourth-order valence-corrected chi connectivity index (χ4v) is 3.40. The molecule has 0 aliphatic heterocycles. The first-order chi connectivity index (χ1) is 14.1. The number of carbonyl (C=O) groups is 1. The number of fused-ring (bicyclic) bond motifs is 1. The zero-order valence-electron chi connectivity index (χ0n) is 16.1. The third-order valence-electron chi connectivity index (χ3n) is 4.91. The molecule has 0 atom stereocenters. The van der Waals surface area contributed by atoms with Gasteiger partial charge in [0.15, 0.2) is 0 Å². The Kier molecular flexibility index (Phi) is 5.16. The van der Waals surface area contributed by atoms with Crippen molar-refractivity contribution >= 4 is 29.2 Å². The number of rotatable bonds is 7. The van der Waals surface area contributed by atoms with E-state index in [4.69, 9.17) is 10.5 Å². The van der Waals surface area contributed by atoms with Crippen molar-refractivity contribution in [1.29, 1.82) is 0 Å². The molecule has 4 rings (SSSR count). The lowest BCUT2D eigenvalue weighted by Crippen LogP contribution is -2.15. The average Bonchev–Trinajstić information content (AvgIpc) is 3.22. The Hall–Kier alpha value is -3.80. The van der Waals surface area contributed by atoms with E-state index in [9.17, 15) is 4.79 Å². The monoisotopic (exact) mass is 386 g/mol. The van der Waals surface area contributed by atoms with E-state index < -0.39 is 5.91 Å². The molecule has 0 spiro atoms. The predicted molar refractivity (Wildman–Crippen MR) is 116 cm³/mol. The van der Waals surface area contributed by atoms with Gasteiger partial charge in [-0.15, -0.1) is 0 Å². The topological polar surface area (TPSA) is 89.3 Å². The zero-order chi connectivity index (χ0) is 20.2. The molecule has 0 radical (unpaired) electrons. The Labute approximate surface area is 169 Å². The fraction of sp³-hybridized carbons (Fsp3) is 0.130. The van der Waals surface area contributed by atoms with Crippen LogP contribution < -0.4 is 21.1 Å². The van der Waals surface area contributed by atoms with Gasteiger partial charge in [-0.25, -0.2) is 4.98 Å². The molecule has 6 heteroatoms. The normalized spacial score (nSPS) is 11.8. The third-order valence-corrected chi connectivity index (χ3v) is 4.91. The Morgan fingerprint density at radius 1 is 1.21 bits per heavy atom. The molecule has 29 heavy (non-hydrogen) atoms. The lowest BCUT2D eigenvalue weighted by Gasteiger charge is -2.14. The number of carbonyl (C=O) groups excluding carboxylic acids is 1. The highest BCUT2D eigenvalue weighted by atomic mass is 16.5. The molecular formula is C23H22N4O2. The summed E-state index contributed by atoms with van der Waals surface area (Å²) in [7, 11) is 1.63. The number of nitrogens with zero attached hydrogens (tertiary/aromatic N) is 1. The molecule has 1 aromatic heterocycles. The number of hydrogen-bond acceptors (Lipinski definition) is 5. The Morgan fingerprint density at radius 2 is 2.03 bits per heavy atom. The minimum absolute atomic E-state index is 0.355. The van der Waals surface area contributed by atoms with E-state index in [1.54, 1.807) is 13.2 Å². The minimum Gasteiger partial charge on any atom is -0.497 e. The van der Waals surface area contributed by atoms with Crippen molar-refractivity contribution in [1.82, 2.24) is 4.98 Å². The van der Waals surface area contributed by atoms with Gasteiger partial charge in [-0.3, -0.25) is 4.79 Å². The number of amides is 1. The van der Waals surface area contributed by atoms with Crippen LogP contribution >= 0.6 is 0 Å². The summed E-state index contributed by atoms with van der Waals surface area (Å²) >= 11 is 0. The highest BCUT2D eigenvalue weighted by molar-refractivity contribution is 5.98. The molecule has 0 unspecified atom stereocenters. The van der Waals surface area contributed by atoms with Gasteiger partial charge in [0.05, 0.1) is 18.4 Å². The SMILES string of the molecule is COc1ccc(Nc2cc(NCc3cccc4c3C=CC4)c(C(N)=O)cn2)cc1. The molecule has 0 saturated carbocycles. The number of ether oxygens (including phenoxy) is 1. The molecule has 3 aromatic rings. The summed E-state index contributed by atoms with van der Waals surface area (Å²) in [4.78, 5) is 16.2. The van der Waals surface area contributed by atoms with Gasteiger partial charge in [-0.05, 0) is 47.4 Å². The van der Waals surface area contributed by atoms with Crippen LogP contribution in [0.15, 0.2) is 60.8 Å². The lowest BCUT2D eigenvalue weighted by molar-refractivity contribution is 0.100. The molecule has 0 saturated heterocycles. The highest BCUT2D eigenvalue weighted by Gasteiger charge is 2.13. The van der Waals surface area contributed by atoms with Gasteiger partial charge in [-0.1, -0.05) is 30.4 Å². The molecule has 1 aliphatic carbocycles. The summed E-state index contributed by atoms with van der Waals surface area (Å²) in [5, 5.41) is 6.58. The largest absolute Gasteiger partial charge is 0.497 e. The highest BCUT2D eigenvalue weighted by Crippen LogP contribution is 2.26. The van der Waals surface area contributed by atoms with E-state index in [-0.39, 0.29) is 0 Å². The molecule has 4 N–H and O–H groups in total. The third kappa shape index (κ3) is 4.06. The van der Waals surface area contributed by atoms with E-state index >= 15 is 0 Å². The van der Waals surface area contributed by atoms with Gasteiger partial charge in [0.25, 0.3) is 5.91 Å². The first-order valence-electron chi connectivity index (χ1n) is 9.36. The summed E-state index contributed by atoms with van der Waals surface area (Å²) in [5.41, 5.74) is 11.1. The average molecular weight is 386 g/mol. The number of hydrogen-bond donors (Lipinski definition) is 3. The van der Waals surface area contributed by atoms with Crippen molar-refractivity contribution in [3.8, 4) is 5.75 Å². The van der Waals surface area contributed by atoms with Gasteiger partial charge >= 0.3 is 0 Å². The van der Waals surface area contributed by atoms with Gasteiger partial charge in [0.2, 0.25) is 0 Å². The van der Waals surface area contributed by atoms with E-state index in [0.717, 1.165) is 17.9 Å². The van der Waals surface area contributed by atoms with Crippen LogP contribution in [0.5, 0.6) is 5.75 Å². The lowest BCUT2D eigenvalue weighted by atomic mass is 10.0. The summed E-state index contributed by atoms with van der Waals surface area (Å²) in [6, 6.07) is 15.6. The number of allylic oxidation sites excluding steroid dienone is 1. The molecule has 0 bridgehead atoms. The number of anilines is 3. The van der Waals surface area contributed by atoms with Gasteiger partial charge in [0, 0.05) is 24.5 Å². The van der Waals surface area contributed by atoms with Crippen molar-refractivity contribution in [3.63, 3.8) is 0 Å². The van der Waals surface area contributed by atoms with Crippen LogP contribution in [0.3, 0.4) is 0 Å². The Morgan fingerprint density at radius 3 is 2.79 bits per heavy atom. The molecule has 1 amide bonds. The second-order valence-corrected chi connectivity index (χ2v) is 6.78. The van der Waals surface area contributed by atoms with Gasteiger partial charge in [-0.2, -0.15) is 0 Å². The smallest absolute Gasteiger partial charge is 0.252 e. The quantitative estimate of drug-likeness (QED) is 0.568. The first kappa shape index (κ1) is 18.6. The van der Waals surface area contributed by atoms with Crippen molar-refractivity contribution in [3.05, 3.63) is 83.1 Å². The number of pyridine rings is 1. The van der Waals surface area contributed by atoms with Crippen LogP contribution in [0.25, 0.3) is 6.08 Å². The number of aromatic nitrogens is 1. The van der Waals surface area contributed by atoms with Gasteiger partial charge in [0.1, 0.15) is 11.6 Å². The maximum absolute atomic E-state index is 11.9. The van der Waals surface area contributed by atoms with Crippen molar-refractivity contribution in [2.24, 2.45) is 5.73 Å². The van der Waals surface area contributed by atoms with Crippen LogP contribution in [-0.2, 0) is 13.0 Å². The van der Waals surface area contributed by atoms with Gasteiger partial charge < -0.3 is 21.1 Å². The second-order valence-electron chi connectivity index (χ2n) is 6.78. The summed E-state index contributed by atoms with van der Waals surface area (Å²) in [6.07, 6.45) is 6.75. The molecule has 6 nitrogen and oxygen atoms in total. The fourth-order valence-electron chi connectivity index (χ4n) is 3.40. The first-order valence-corrected chi connectivity index (χ1v) is 9.36. The predicted octanol–water partition coefficient (Wildman–Crippen LogP) is 4.11. The second kappa shape index (κ2) is 8.06. The van der Waals surface area contributed by atoms with Crippen molar-refractivity contribution < 1.29 is 9.53 Å². The zero-order valence-corrected chi connectivity index (χ0v) is 16.1. The number of methoxy groups -OCH3 is 1. The van der Waals surface area contributed by atoms with Crippen molar-refractivity contribution in [2.45, 2.75) is 13.0 Å². The summed E-state index contributed by atoms with van der Waals surface area (Å²) in [5.74, 6) is 0.870. The summed E-state index contributed by atoms with van der Waals surface area (Å²) < 4.78 is 5.18. The molecule has 146 valence electrons. The minimum atomic E-state index is -0.519. The standard InChI is InChI=1S/C23H22N4O2/c1-29-18-10-8-17(9-11-18)27-22-12-21(20(14-26-22)23(24)28)25-13-16-6-2-4-15-5-3-7-19(15)16/h2-4,6-12,14H,5,13H2,1H3,(H2,24,28)(H2,25,26,27). The van der Waals surface area contributed by atoms with Crippen molar-refractivity contribution in [2.75, 3.05) is 17.7 Å². The molecule has 2 aromatic carbocycles. The van der Waals surface area contributed by atoms with Crippen LogP contribution in [0.4, 0.5) is 17.2 Å². The van der Waals surface area contributed by atoms with Crippen LogP contribution in [0.1, 0.15) is 27.0 Å². The van der Waals surface area contributed by atoms with E-state index in [1.807, 2.05) is 24.3 Å². The number of primary amides is 1. The van der Waals surface area contributed by atoms with E-state index in [1.165, 1.54) is 22.9 Å². The van der Waals surface area contributed by atoms with Crippen LogP contribution in [0, 0.1) is 0 Å². The maximum Gasteiger partial charge on any atom is 0.252 e. The number of nitrogens with one attached hydrogen (secondary N) is 2. The number of benzene rings is 2.